The molecule has 1 atom stereocenters. The molecule has 1 aliphatic carbocycles. The van der Waals surface area contributed by atoms with Gasteiger partial charge in [0.15, 0.2) is 0 Å². The molecule has 1 fully saturated rings. The second-order valence-electron chi connectivity index (χ2n) is 5.74. The zero-order valence-corrected chi connectivity index (χ0v) is 11.3. The van der Waals surface area contributed by atoms with Crippen LogP contribution in [0.5, 0.6) is 0 Å². The Labute approximate surface area is 113 Å². The van der Waals surface area contributed by atoms with Crippen molar-refractivity contribution >= 4 is 0 Å². The molecule has 1 saturated carbocycles. The third-order valence-corrected chi connectivity index (χ3v) is 4.42. The van der Waals surface area contributed by atoms with E-state index >= 15 is 0 Å². The minimum Gasteiger partial charge on any atom is -0.393 e. The van der Waals surface area contributed by atoms with Crippen molar-refractivity contribution in [1.82, 2.24) is 14.7 Å². The van der Waals surface area contributed by atoms with Gasteiger partial charge in [0, 0.05) is 25.7 Å². The highest BCUT2D eigenvalue weighted by Gasteiger charge is 2.26. The molecule has 0 aromatic carbocycles. The van der Waals surface area contributed by atoms with Crippen molar-refractivity contribution in [3.8, 4) is 0 Å². The summed E-state index contributed by atoms with van der Waals surface area (Å²) in [5.41, 5.74) is 1.78. The molecule has 0 radical (unpaired) electrons. The highest BCUT2D eigenvalue weighted by molar-refractivity contribution is 5.14. The third kappa shape index (κ3) is 2.68. The summed E-state index contributed by atoms with van der Waals surface area (Å²) in [6.07, 6.45) is 5.61. The standard InChI is InChI=1S/C14H23N3O2/c18-10-14(19)13-8-12-9-16(11-4-1-2-5-11)6-3-7-17(12)15-13/h8,11,14,18-19H,1-7,9-10H2/t14-/m1/s1. The van der Waals surface area contributed by atoms with Gasteiger partial charge in [-0.3, -0.25) is 9.58 Å². The molecular weight excluding hydrogens is 242 g/mol. The quantitative estimate of drug-likeness (QED) is 0.858. The molecule has 0 spiro atoms. The van der Waals surface area contributed by atoms with Crippen LogP contribution in [-0.2, 0) is 13.1 Å². The summed E-state index contributed by atoms with van der Waals surface area (Å²) in [4.78, 5) is 2.57. The van der Waals surface area contributed by atoms with Gasteiger partial charge in [-0.25, -0.2) is 0 Å². The normalized spacial score (nSPS) is 23.3. The van der Waals surface area contributed by atoms with Gasteiger partial charge in [-0.15, -0.1) is 0 Å². The van der Waals surface area contributed by atoms with E-state index < -0.39 is 6.10 Å². The average Bonchev–Trinajstić information content (AvgIpc) is 3.04. The van der Waals surface area contributed by atoms with Crippen molar-refractivity contribution in [2.24, 2.45) is 0 Å². The third-order valence-electron chi connectivity index (χ3n) is 4.42. The molecule has 2 N–H and O–H groups in total. The van der Waals surface area contributed by atoms with Gasteiger partial charge in [-0.05, 0) is 25.3 Å². The molecule has 2 aliphatic rings. The smallest absolute Gasteiger partial charge is 0.121 e. The predicted octanol–water partition coefficient (Wildman–Crippen LogP) is 1.06. The molecule has 106 valence electrons. The first-order chi connectivity index (χ1) is 9.28. The van der Waals surface area contributed by atoms with Gasteiger partial charge in [-0.1, -0.05) is 12.8 Å². The Morgan fingerprint density at radius 2 is 2.05 bits per heavy atom. The molecule has 1 aliphatic heterocycles. The Kier molecular flexibility index (Phi) is 3.86. The first-order valence-corrected chi connectivity index (χ1v) is 7.37. The van der Waals surface area contributed by atoms with E-state index in [1.165, 1.54) is 31.4 Å². The average molecular weight is 265 g/mol. The second-order valence-corrected chi connectivity index (χ2v) is 5.74. The molecule has 1 aromatic rings. The van der Waals surface area contributed by atoms with E-state index in [1.807, 2.05) is 10.7 Å². The SMILES string of the molecule is OC[C@@H](O)c1cc2n(n1)CCCN(C1CCCC1)C2. The van der Waals surface area contributed by atoms with Crippen molar-refractivity contribution in [1.29, 1.82) is 0 Å². The monoisotopic (exact) mass is 265 g/mol. The maximum atomic E-state index is 9.69. The lowest BCUT2D eigenvalue weighted by molar-refractivity contribution is 0.0916. The highest BCUT2D eigenvalue weighted by atomic mass is 16.3. The fourth-order valence-corrected chi connectivity index (χ4v) is 3.35. The van der Waals surface area contributed by atoms with Crippen LogP contribution < -0.4 is 0 Å². The number of aliphatic hydroxyl groups excluding tert-OH is 2. The number of nitrogens with zero attached hydrogens (tertiary/aromatic N) is 3. The number of fused-ring (bicyclic) bond motifs is 1. The van der Waals surface area contributed by atoms with Crippen molar-refractivity contribution < 1.29 is 10.2 Å². The van der Waals surface area contributed by atoms with Crippen LogP contribution in [0.1, 0.15) is 49.6 Å². The van der Waals surface area contributed by atoms with Crippen molar-refractivity contribution in [2.45, 2.75) is 57.3 Å². The summed E-state index contributed by atoms with van der Waals surface area (Å²) in [5, 5.41) is 23.1. The molecule has 3 rings (SSSR count). The fourth-order valence-electron chi connectivity index (χ4n) is 3.35. The van der Waals surface area contributed by atoms with Crippen molar-refractivity contribution in [2.75, 3.05) is 13.2 Å². The van der Waals surface area contributed by atoms with E-state index in [-0.39, 0.29) is 6.61 Å². The lowest BCUT2D eigenvalue weighted by atomic mass is 10.2. The Balaban J connectivity index is 1.77. The molecule has 1 aromatic heterocycles. The summed E-state index contributed by atoms with van der Waals surface area (Å²) >= 11 is 0. The topological polar surface area (TPSA) is 61.5 Å². The summed E-state index contributed by atoms with van der Waals surface area (Å²) in [6, 6.07) is 2.68. The number of rotatable bonds is 3. The van der Waals surface area contributed by atoms with Gasteiger partial charge >= 0.3 is 0 Å². The van der Waals surface area contributed by atoms with E-state index in [4.69, 9.17) is 5.11 Å². The largest absolute Gasteiger partial charge is 0.393 e. The number of hydrogen-bond acceptors (Lipinski definition) is 4. The van der Waals surface area contributed by atoms with E-state index in [2.05, 4.69) is 10.00 Å². The minimum atomic E-state index is -0.848. The zero-order valence-electron chi connectivity index (χ0n) is 11.3. The summed E-state index contributed by atoms with van der Waals surface area (Å²) in [5.74, 6) is 0. The second kappa shape index (κ2) is 5.61. The Morgan fingerprint density at radius 1 is 1.26 bits per heavy atom. The molecule has 0 unspecified atom stereocenters. The van der Waals surface area contributed by atoms with E-state index in [1.54, 1.807) is 0 Å². The Hall–Kier alpha value is -0.910. The Bertz CT molecular complexity index is 426. The van der Waals surface area contributed by atoms with Crippen LogP contribution in [0.4, 0.5) is 0 Å². The maximum absolute atomic E-state index is 9.69. The lowest BCUT2D eigenvalue weighted by Gasteiger charge is -2.26. The van der Waals surface area contributed by atoms with E-state index in [0.29, 0.717) is 5.69 Å². The zero-order chi connectivity index (χ0) is 13.2. The molecule has 5 nitrogen and oxygen atoms in total. The van der Waals surface area contributed by atoms with Crippen LogP contribution >= 0.6 is 0 Å². The summed E-state index contributed by atoms with van der Waals surface area (Å²) in [7, 11) is 0. The summed E-state index contributed by atoms with van der Waals surface area (Å²) < 4.78 is 2.00. The molecule has 19 heavy (non-hydrogen) atoms. The van der Waals surface area contributed by atoms with Gasteiger partial charge in [0.2, 0.25) is 0 Å². The molecule has 0 saturated heterocycles. The van der Waals surface area contributed by atoms with Crippen LogP contribution in [-0.4, -0.2) is 44.1 Å². The minimum absolute atomic E-state index is 0.261. The number of hydrogen-bond donors (Lipinski definition) is 2. The van der Waals surface area contributed by atoms with E-state index in [9.17, 15) is 5.11 Å². The van der Waals surface area contributed by atoms with Gasteiger partial charge < -0.3 is 10.2 Å². The Morgan fingerprint density at radius 3 is 2.79 bits per heavy atom. The highest BCUT2D eigenvalue weighted by Crippen LogP contribution is 2.27. The van der Waals surface area contributed by atoms with E-state index in [0.717, 1.165) is 32.1 Å². The van der Waals surface area contributed by atoms with Crippen molar-refractivity contribution in [3.05, 3.63) is 17.5 Å². The van der Waals surface area contributed by atoms with Gasteiger partial charge in [0.1, 0.15) is 6.10 Å². The molecule has 2 heterocycles. The fraction of sp³-hybridized carbons (Fsp3) is 0.786. The molecule has 0 bridgehead atoms. The first kappa shape index (κ1) is 13.1. The van der Waals surface area contributed by atoms with Crippen LogP contribution in [0.25, 0.3) is 0 Å². The van der Waals surface area contributed by atoms with Crippen LogP contribution in [0, 0.1) is 0 Å². The number of aliphatic hydroxyl groups is 2. The van der Waals surface area contributed by atoms with Gasteiger partial charge in [0.05, 0.1) is 18.0 Å². The van der Waals surface area contributed by atoms with Crippen LogP contribution in [0.15, 0.2) is 6.07 Å². The van der Waals surface area contributed by atoms with Gasteiger partial charge in [-0.2, -0.15) is 5.10 Å². The van der Waals surface area contributed by atoms with Crippen molar-refractivity contribution in [3.63, 3.8) is 0 Å². The maximum Gasteiger partial charge on any atom is 0.121 e. The molecule has 5 heteroatoms. The molecular formula is C14H23N3O2. The molecule has 0 amide bonds. The number of aromatic nitrogens is 2. The predicted molar refractivity (Wildman–Crippen MR) is 71.6 cm³/mol. The van der Waals surface area contributed by atoms with Crippen LogP contribution in [0.2, 0.25) is 0 Å². The first-order valence-electron chi connectivity index (χ1n) is 7.37. The van der Waals surface area contributed by atoms with Gasteiger partial charge in [0.25, 0.3) is 0 Å². The number of aryl methyl sites for hydroxylation is 1. The lowest BCUT2D eigenvalue weighted by Crippen LogP contribution is -2.32. The van der Waals surface area contributed by atoms with Crippen LogP contribution in [0.3, 0.4) is 0 Å². The summed E-state index contributed by atoms with van der Waals surface area (Å²) in [6.45, 7) is 2.72.